The molecule has 0 saturated heterocycles. The van der Waals surface area contributed by atoms with Crippen molar-refractivity contribution in [1.29, 1.82) is 0 Å². The minimum Gasteiger partial charge on any atom is -0.471 e. The number of rotatable bonds is 6. The van der Waals surface area contributed by atoms with Crippen molar-refractivity contribution < 1.29 is 28.7 Å². The molecule has 0 aliphatic heterocycles. The van der Waals surface area contributed by atoms with Gasteiger partial charge in [0.25, 0.3) is 0 Å². The average Bonchev–Trinajstić information content (AvgIpc) is 2.50. The van der Waals surface area contributed by atoms with Crippen molar-refractivity contribution in [1.82, 2.24) is 0 Å². The molecule has 1 aromatic carbocycles. The molecule has 0 N–H and O–H groups in total. The SMILES string of the molecule is COC(=O)c1cc([N+](=O)[O-])c(O[C@@H](C(=O)OC)C(C)C)cc1C. The predicted molar refractivity (Wildman–Crippen MR) is 80.4 cm³/mol. The Morgan fingerprint density at radius 2 is 1.78 bits per heavy atom. The zero-order chi connectivity index (χ0) is 17.7. The summed E-state index contributed by atoms with van der Waals surface area (Å²) in [5, 5.41) is 11.2. The molecule has 0 amide bonds. The first-order chi connectivity index (χ1) is 10.7. The fourth-order valence-corrected chi connectivity index (χ4v) is 1.95. The number of nitro benzene ring substituents is 1. The van der Waals surface area contributed by atoms with Crippen molar-refractivity contribution in [2.75, 3.05) is 14.2 Å². The summed E-state index contributed by atoms with van der Waals surface area (Å²) in [5.74, 6) is -1.69. The number of nitro groups is 1. The maximum absolute atomic E-state index is 11.8. The lowest BCUT2D eigenvalue weighted by Gasteiger charge is -2.20. The van der Waals surface area contributed by atoms with Crippen LogP contribution in [0.3, 0.4) is 0 Å². The average molecular weight is 325 g/mol. The number of aryl methyl sites for hydroxylation is 1. The van der Waals surface area contributed by atoms with E-state index in [1.807, 2.05) is 0 Å². The van der Waals surface area contributed by atoms with E-state index >= 15 is 0 Å². The van der Waals surface area contributed by atoms with Crippen LogP contribution in [0.4, 0.5) is 5.69 Å². The lowest BCUT2D eigenvalue weighted by Crippen LogP contribution is -2.33. The highest BCUT2D eigenvalue weighted by Gasteiger charge is 2.29. The highest BCUT2D eigenvalue weighted by Crippen LogP contribution is 2.32. The van der Waals surface area contributed by atoms with Crippen LogP contribution in [0.2, 0.25) is 0 Å². The van der Waals surface area contributed by atoms with Gasteiger partial charge in [-0.1, -0.05) is 13.8 Å². The quantitative estimate of drug-likeness (QED) is 0.449. The summed E-state index contributed by atoms with van der Waals surface area (Å²) in [6.45, 7) is 5.04. The second-order valence-electron chi connectivity index (χ2n) is 5.19. The third kappa shape index (κ3) is 4.18. The van der Waals surface area contributed by atoms with Crippen LogP contribution in [0.5, 0.6) is 5.75 Å². The smallest absolute Gasteiger partial charge is 0.347 e. The van der Waals surface area contributed by atoms with Gasteiger partial charge in [0.15, 0.2) is 11.9 Å². The summed E-state index contributed by atoms with van der Waals surface area (Å²) in [6, 6.07) is 2.41. The fraction of sp³-hybridized carbons (Fsp3) is 0.467. The maximum Gasteiger partial charge on any atom is 0.347 e. The lowest BCUT2D eigenvalue weighted by molar-refractivity contribution is -0.386. The third-order valence-electron chi connectivity index (χ3n) is 3.20. The number of benzene rings is 1. The van der Waals surface area contributed by atoms with Crippen molar-refractivity contribution in [3.05, 3.63) is 33.4 Å². The van der Waals surface area contributed by atoms with Gasteiger partial charge in [0.2, 0.25) is 0 Å². The first-order valence-electron chi connectivity index (χ1n) is 6.84. The number of hydrogen-bond acceptors (Lipinski definition) is 7. The number of carbonyl (C=O) groups is 2. The maximum atomic E-state index is 11.8. The Labute approximate surface area is 133 Å². The highest BCUT2D eigenvalue weighted by atomic mass is 16.6. The molecule has 126 valence electrons. The fourth-order valence-electron chi connectivity index (χ4n) is 1.95. The summed E-state index contributed by atoms with van der Waals surface area (Å²) >= 11 is 0. The van der Waals surface area contributed by atoms with Crippen LogP contribution < -0.4 is 4.74 Å². The normalized spacial score (nSPS) is 11.7. The molecular weight excluding hydrogens is 306 g/mol. The molecule has 8 heteroatoms. The molecule has 0 aliphatic carbocycles. The second-order valence-corrected chi connectivity index (χ2v) is 5.19. The van der Waals surface area contributed by atoms with E-state index in [-0.39, 0.29) is 17.2 Å². The Bertz CT molecular complexity index is 624. The van der Waals surface area contributed by atoms with E-state index in [4.69, 9.17) is 4.74 Å². The first kappa shape index (κ1) is 18.4. The van der Waals surface area contributed by atoms with Crippen LogP contribution in [0.25, 0.3) is 0 Å². The van der Waals surface area contributed by atoms with Crippen LogP contribution in [-0.4, -0.2) is 37.2 Å². The first-order valence-corrected chi connectivity index (χ1v) is 6.84. The molecule has 1 rings (SSSR count). The number of carbonyl (C=O) groups excluding carboxylic acids is 2. The summed E-state index contributed by atoms with van der Waals surface area (Å²) < 4.78 is 14.7. The van der Waals surface area contributed by atoms with Gasteiger partial charge in [-0.2, -0.15) is 0 Å². The molecule has 0 heterocycles. The number of methoxy groups -OCH3 is 2. The van der Waals surface area contributed by atoms with Gasteiger partial charge >= 0.3 is 17.6 Å². The topological polar surface area (TPSA) is 105 Å². The number of nitrogens with zero attached hydrogens (tertiary/aromatic N) is 1. The van der Waals surface area contributed by atoms with Gasteiger partial charge in [-0.15, -0.1) is 0 Å². The molecule has 0 aliphatic rings. The Morgan fingerprint density at radius 3 is 2.22 bits per heavy atom. The van der Waals surface area contributed by atoms with Crippen molar-refractivity contribution >= 4 is 17.6 Å². The second kappa shape index (κ2) is 7.57. The molecule has 0 fully saturated rings. The van der Waals surface area contributed by atoms with Crippen molar-refractivity contribution in [2.24, 2.45) is 5.92 Å². The van der Waals surface area contributed by atoms with Gasteiger partial charge < -0.3 is 14.2 Å². The number of esters is 2. The molecule has 0 unspecified atom stereocenters. The van der Waals surface area contributed by atoms with Gasteiger partial charge in [0.05, 0.1) is 24.7 Å². The van der Waals surface area contributed by atoms with E-state index in [9.17, 15) is 19.7 Å². The van der Waals surface area contributed by atoms with Crippen molar-refractivity contribution in [2.45, 2.75) is 26.9 Å². The van der Waals surface area contributed by atoms with Gasteiger partial charge in [0.1, 0.15) is 0 Å². The Morgan fingerprint density at radius 1 is 1.17 bits per heavy atom. The highest BCUT2D eigenvalue weighted by molar-refractivity contribution is 5.92. The van der Waals surface area contributed by atoms with Gasteiger partial charge in [-0.05, 0) is 18.6 Å². The van der Waals surface area contributed by atoms with Crippen molar-refractivity contribution in [3.8, 4) is 5.75 Å². The molecule has 8 nitrogen and oxygen atoms in total. The van der Waals surface area contributed by atoms with Crippen molar-refractivity contribution in [3.63, 3.8) is 0 Å². The summed E-state index contributed by atoms with van der Waals surface area (Å²) in [4.78, 5) is 34.0. The van der Waals surface area contributed by atoms with Crippen LogP contribution >= 0.6 is 0 Å². The van der Waals surface area contributed by atoms with E-state index < -0.39 is 28.7 Å². The molecule has 0 radical (unpaired) electrons. The number of hydrogen-bond donors (Lipinski definition) is 0. The van der Waals surface area contributed by atoms with Gasteiger partial charge in [-0.25, -0.2) is 9.59 Å². The molecule has 0 saturated carbocycles. The Kier molecular flexibility index (Phi) is 6.06. The monoisotopic (exact) mass is 325 g/mol. The summed E-state index contributed by atoms with van der Waals surface area (Å²) in [7, 11) is 2.39. The zero-order valence-corrected chi connectivity index (χ0v) is 13.6. The molecule has 0 aromatic heterocycles. The molecule has 1 aromatic rings. The molecule has 1 atom stereocenters. The zero-order valence-electron chi connectivity index (χ0n) is 13.6. The van der Waals surface area contributed by atoms with E-state index in [0.29, 0.717) is 5.56 Å². The van der Waals surface area contributed by atoms with Gasteiger partial charge in [-0.3, -0.25) is 10.1 Å². The van der Waals surface area contributed by atoms with Crippen LogP contribution in [0, 0.1) is 23.0 Å². The largest absolute Gasteiger partial charge is 0.471 e. The van der Waals surface area contributed by atoms with E-state index in [0.717, 1.165) is 6.07 Å². The minimum absolute atomic E-state index is 0.0608. The number of ether oxygens (including phenoxy) is 3. The molecule has 0 spiro atoms. The third-order valence-corrected chi connectivity index (χ3v) is 3.20. The lowest BCUT2D eigenvalue weighted by atomic mass is 10.1. The van der Waals surface area contributed by atoms with Crippen LogP contribution in [0.1, 0.15) is 29.8 Å². The van der Waals surface area contributed by atoms with E-state index in [1.54, 1.807) is 20.8 Å². The predicted octanol–water partition coefficient (Wildman–Crippen LogP) is 2.27. The Balaban J connectivity index is 3.35. The van der Waals surface area contributed by atoms with E-state index in [1.165, 1.54) is 20.3 Å². The summed E-state index contributed by atoms with van der Waals surface area (Å²) in [5.41, 5.74) is 0.0705. The summed E-state index contributed by atoms with van der Waals surface area (Å²) in [6.07, 6.45) is -0.998. The Hall–Kier alpha value is -2.64. The molecule has 23 heavy (non-hydrogen) atoms. The van der Waals surface area contributed by atoms with Gasteiger partial charge in [0, 0.05) is 12.0 Å². The standard InChI is InChI=1S/C15H19NO7/c1-8(2)13(15(18)22-5)23-12-6-9(3)10(14(17)21-4)7-11(12)16(19)20/h6-8,13H,1-5H3/t13-/m1/s1. The molecular formula is C15H19NO7. The molecule has 0 bridgehead atoms. The van der Waals surface area contributed by atoms with E-state index in [2.05, 4.69) is 9.47 Å². The van der Waals surface area contributed by atoms with Crippen LogP contribution in [0.15, 0.2) is 12.1 Å². The van der Waals surface area contributed by atoms with Crippen LogP contribution in [-0.2, 0) is 14.3 Å². The minimum atomic E-state index is -0.998.